The third-order valence-corrected chi connectivity index (χ3v) is 5.42. The van der Waals surface area contributed by atoms with Crippen LogP contribution in [0.1, 0.15) is 51.5 Å². The maximum Gasteiger partial charge on any atom is 0.321 e. The minimum Gasteiger partial charge on any atom is -0.478 e. The molecule has 0 saturated heterocycles. The molecule has 29 heavy (non-hydrogen) atoms. The number of hydrogen-bond donors (Lipinski definition) is 2. The van der Waals surface area contributed by atoms with Gasteiger partial charge in [-0.15, -0.1) is 10.2 Å². The average Bonchev–Trinajstić information content (AvgIpc) is 3.35. The summed E-state index contributed by atoms with van der Waals surface area (Å²) in [6.45, 7) is 3.28. The van der Waals surface area contributed by atoms with Gasteiger partial charge in [0, 0.05) is 6.04 Å². The van der Waals surface area contributed by atoms with Crippen molar-refractivity contribution in [2.45, 2.75) is 62.1 Å². The second kappa shape index (κ2) is 9.73. The quantitative estimate of drug-likeness (QED) is 0.657. The van der Waals surface area contributed by atoms with E-state index in [2.05, 4.69) is 20.8 Å². The first-order valence-electron chi connectivity index (χ1n) is 9.45. The van der Waals surface area contributed by atoms with Gasteiger partial charge in [0.1, 0.15) is 0 Å². The van der Waals surface area contributed by atoms with Crippen LogP contribution in [0.15, 0.2) is 33.9 Å². The van der Waals surface area contributed by atoms with E-state index in [1.807, 2.05) is 0 Å². The SMILES string of the molecule is C[C@H](Sc1nnc([C@@H](C)Oc2ccccc2F)o1)C(=O)NC(=O)NC1CCCC1. The number of rotatable bonds is 7. The van der Waals surface area contributed by atoms with Crippen molar-refractivity contribution in [3.05, 3.63) is 36.0 Å². The van der Waals surface area contributed by atoms with Crippen LogP contribution in [-0.4, -0.2) is 33.4 Å². The number of benzene rings is 1. The number of urea groups is 1. The number of aromatic nitrogens is 2. The van der Waals surface area contributed by atoms with Crippen LogP contribution in [0.4, 0.5) is 9.18 Å². The molecule has 1 aliphatic carbocycles. The summed E-state index contributed by atoms with van der Waals surface area (Å²) in [4.78, 5) is 24.1. The van der Waals surface area contributed by atoms with Crippen molar-refractivity contribution >= 4 is 23.7 Å². The maximum absolute atomic E-state index is 13.7. The number of para-hydroxylation sites is 1. The van der Waals surface area contributed by atoms with E-state index in [0.29, 0.717) is 0 Å². The second-order valence-electron chi connectivity index (χ2n) is 6.80. The van der Waals surface area contributed by atoms with E-state index in [-0.39, 0.29) is 22.9 Å². The zero-order chi connectivity index (χ0) is 20.8. The zero-order valence-corrected chi connectivity index (χ0v) is 17.0. The average molecular weight is 422 g/mol. The highest BCUT2D eigenvalue weighted by Gasteiger charge is 2.24. The van der Waals surface area contributed by atoms with Crippen molar-refractivity contribution in [3.8, 4) is 5.75 Å². The molecular weight excluding hydrogens is 399 g/mol. The van der Waals surface area contributed by atoms with E-state index in [0.717, 1.165) is 37.4 Å². The normalized spacial score (nSPS) is 16.2. The fraction of sp³-hybridized carbons (Fsp3) is 0.474. The molecule has 3 rings (SSSR count). The van der Waals surface area contributed by atoms with Crippen molar-refractivity contribution in [1.82, 2.24) is 20.8 Å². The number of imide groups is 1. The lowest BCUT2D eigenvalue weighted by Gasteiger charge is -2.14. The van der Waals surface area contributed by atoms with Gasteiger partial charge < -0.3 is 14.5 Å². The van der Waals surface area contributed by atoms with Crippen molar-refractivity contribution in [2.75, 3.05) is 0 Å². The smallest absolute Gasteiger partial charge is 0.321 e. The number of nitrogens with one attached hydrogen (secondary N) is 2. The van der Waals surface area contributed by atoms with Crippen LogP contribution in [0.25, 0.3) is 0 Å². The molecule has 1 heterocycles. The fourth-order valence-corrected chi connectivity index (χ4v) is 3.61. The van der Waals surface area contributed by atoms with Crippen LogP contribution in [0.2, 0.25) is 0 Å². The molecule has 3 amide bonds. The highest BCUT2D eigenvalue weighted by molar-refractivity contribution is 8.00. The molecule has 1 aromatic carbocycles. The first kappa shape index (κ1) is 21.1. The van der Waals surface area contributed by atoms with Gasteiger partial charge in [0.25, 0.3) is 11.1 Å². The fourth-order valence-electron chi connectivity index (χ4n) is 2.92. The molecule has 10 heteroatoms. The van der Waals surface area contributed by atoms with Crippen LogP contribution in [0, 0.1) is 5.82 Å². The van der Waals surface area contributed by atoms with Crippen LogP contribution in [-0.2, 0) is 4.79 Å². The molecule has 0 spiro atoms. The predicted molar refractivity (Wildman–Crippen MR) is 104 cm³/mol. The minimum absolute atomic E-state index is 0.0772. The van der Waals surface area contributed by atoms with Crippen LogP contribution in [0.5, 0.6) is 5.75 Å². The van der Waals surface area contributed by atoms with Crippen molar-refractivity contribution < 1.29 is 23.1 Å². The number of halogens is 1. The molecule has 2 atom stereocenters. The van der Waals surface area contributed by atoms with Gasteiger partial charge in [-0.2, -0.15) is 0 Å². The summed E-state index contributed by atoms with van der Waals surface area (Å²) in [5.41, 5.74) is 0. The zero-order valence-electron chi connectivity index (χ0n) is 16.2. The van der Waals surface area contributed by atoms with E-state index in [4.69, 9.17) is 9.15 Å². The number of thioether (sulfide) groups is 1. The molecule has 0 radical (unpaired) electrons. The number of carbonyl (C=O) groups excluding carboxylic acids is 2. The van der Waals surface area contributed by atoms with Gasteiger partial charge in [-0.05, 0) is 38.8 Å². The molecule has 1 aliphatic rings. The lowest BCUT2D eigenvalue weighted by atomic mass is 10.2. The number of carbonyl (C=O) groups is 2. The largest absolute Gasteiger partial charge is 0.478 e. The standard InChI is InChI=1S/C19H23FN4O4S/c1-11(27-15-10-6-5-9-14(15)20)17-23-24-19(28-17)29-12(2)16(25)22-18(26)21-13-7-3-4-8-13/h5-6,9-13H,3-4,7-8H2,1-2H3,(H2,21,22,25,26)/t11-,12+/m1/s1. The van der Waals surface area contributed by atoms with Gasteiger partial charge in [0.05, 0.1) is 5.25 Å². The van der Waals surface area contributed by atoms with Gasteiger partial charge in [0.15, 0.2) is 17.7 Å². The summed E-state index contributed by atoms with van der Waals surface area (Å²) < 4.78 is 24.7. The number of ether oxygens (including phenoxy) is 1. The second-order valence-corrected chi connectivity index (χ2v) is 8.09. The van der Waals surface area contributed by atoms with E-state index >= 15 is 0 Å². The molecule has 0 aliphatic heterocycles. The van der Waals surface area contributed by atoms with Crippen molar-refractivity contribution in [3.63, 3.8) is 0 Å². The first-order valence-corrected chi connectivity index (χ1v) is 10.3. The summed E-state index contributed by atoms with van der Waals surface area (Å²) in [5, 5.41) is 12.4. The number of nitrogens with zero attached hydrogens (tertiary/aromatic N) is 2. The van der Waals surface area contributed by atoms with Gasteiger partial charge in [0.2, 0.25) is 5.91 Å². The van der Waals surface area contributed by atoms with E-state index in [1.165, 1.54) is 12.1 Å². The Labute approximate surface area is 172 Å². The highest BCUT2D eigenvalue weighted by atomic mass is 32.2. The van der Waals surface area contributed by atoms with E-state index < -0.39 is 29.1 Å². The van der Waals surface area contributed by atoms with Crippen molar-refractivity contribution in [2.24, 2.45) is 0 Å². The molecule has 1 fully saturated rings. The third kappa shape index (κ3) is 5.93. The van der Waals surface area contributed by atoms with Gasteiger partial charge in [-0.1, -0.05) is 36.7 Å². The molecule has 1 aromatic heterocycles. The third-order valence-electron chi connectivity index (χ3n) is 4.48. The Balaban J connectivity index is 1.50. The minimum atomic E-state index is -0.671. The molecular formula is C19H23FN4O4S. The van der Waals surface area contributed by atoms with E-state index in [1.54, 1.807) is 26.0 Å². The van der Waals surface area contributed by atoms with Crippen molar-refractivity contribution in [1.29, 1.82) is 0 Å². The monoisotopic (exact) mass is 422 g/mol. The van der Waals surface area contributed by atoms with E-state index in [9.17, 15) is 14.0 Å². The number of hydrogen-bond acceptors (Lipinski definition) is 7. The topological polar surface area (TPSA) is 106 Å². The summed E-state index contributed by atoms with van der Waals surface area (Å²) >= 11 is 1.02. The summed E-state index contributed by atoms with van der Waals surface area (Å²) in [7, 11) is 0. The summed E-state index contributed by atoms with van der Waals surface area (Å²) in [6.07, 6.45) is 3.37. The molecule has 2 aromatic rings. The molecule has 2 N–H and O–H groups in total. The van der Waals surface area contributed by atoms with Crippen LogP contribution in [0.3, 0.4) is 0 Å². The highest BCUT2D eigenvalue weighted by Crippen LogP contribution is 2.27. The van der Waals surface area contributed by atoms with Crippen LogP contribution >= 0.6 is 11.8 Å². The molecule has 156 valence electrons. The van der Waals surface area contributed by atoms with Gasteiger partial charge in [-0.25, -0.2) is 9.18 Å². The summed E-state index contributed by atoms with van der Waals surface area (Å²) in [5.74, 6) is -0.716. The molecule has 1 saturated carbocycles. The summed E-state index contributed by atoms with van der Waals surface area (Å²) in [6, 6.07) is 5.65. The van der Waals surface area contributed by atoms with Crippen LogP contribution < -0.4 is 15.4 Å². The van der Waals surface area contributed by atoms with Gasteiger partial charge in [-0.3, -0.25) is 10.1 Å². The molecule has 8 nitrogen and oxygen atoms in total. The first-order chi connectivity index (χ1) is 13.9. The Morgan fingerprint density at radius 3 is 2.69 bits per heavy atom. The lowest BCUT2D eigenvalue weighted by molar-refractivity contribution is -0.119. The Hall–Kier alpha value is -2.62. The Bertz CT molecular complexity index is 856. The number of amides is 3. The maximum atomic E-state index is 13.7. The Kier molecular flexibility index (Phi) is 7.08. The lowest BCUT2D eigenvalue weighted by Crippen LogP contribution is -2.45. The molecule has 0 unspecified atom stereocenters. The Morgan fingerprint density at radius 1 is 1.24 bits per heavy atom. The van der Waals surface area contributed by atoms with Gasteiger partial charge >= 0.3 is 6.03 Å². The Morgan fingerprint density at radius 2 is 1.97 bits per heavy atom. The molecule has 0 bridgehead atoms. The predicted octanol–water partition coefficient (Wildman–Crippen LogP) is 3.60.